The number of likely N-dealkylation sites (tertiary alicyclic amines) is 1. The van der Waals surface area contributed by atoms with Crippen molar-refractivity contribution in [2.24, 2.45) is 10.9 Å². The smallest absolute Gasteiger partial charge is 0.216 e. The summed E-state index contributed by atoms with van der Waals surface area (Å²) in [5, 5.41) is 3.21. The molecule has 9 heteroatoms. The first-order valence-electron chi connectivity index (χ1n) is 8.90. The van der Waals surface area contributed by atoms with Crippen LogP contribution in [0.2, 0.25) is 0 Å². The normalized spacial score (nSPS) is 27.0. The quantitative estimate of drug-likeness (QED) is 0.368. The summed E-state index contributed by atoms with van der Waals surface area (Å²) < 4.78 is 32.3. The number of halogens is 1. The molecule has 0 aromatic carbocycles. The molecule has 2 heterocycles. The fourth-order valence-corrected chi connectivity index (χ4v) is 4.82. The summed E-state index contributed by atoms with van der Waals surface area (Å²) in [7, 11) is -1.53. The van der Waals surface area contributed by atoms with Crippen molar-refractivity contribution in [3.8, 4) is 0 Å². The van der Waals surface area contributed by atoms with Crippen LogP contribution in [0.3, 0.4) is 0 Å². The molecule has 25 heavy (non-hydrogen) atoms. The Bertz CT molecular complexity index is 525. The van der Waals surface area contributed by atoms with Gasteiger partial charge in [-0.15, -0.1) is 24.0 Å². The largest absolute Gasteiger partial charge is 0.373 e. The van der Waals surface area contributed by atoms with E-state index in [-0.39, 0.29) is 41.9 Å². The third-order valence-corrected chi connectivity index (χ3v) is 6.52. The topological polar surface area (TPSA) is 74.2 Å². The van der Waals surface area contributed by atoms with Crippen LogP contribution in [0, 0.1) is 5.92 Å². The average Bonchev–Trinajstić information content (AvgIpc) is 2.52. The molecule has 2 saturated heterocycles. The first-order valence-corrected chi connectivity index (χ1v) is 10.5. The van der Waals surface area contributed by atoms with Crippen LogP contribution < -0.4 is 5.32 Å². The minimum Gasteiger partial charge on any atom is -0.373 e. The molecule has 0 spiro atoms. The number of ether oxygens (including phenoxy) is 1. The molecule has 0 saturated carbocycles. The monoisotopic (exact) mass is 488 g/mol. The molecule has 0 aromatic rings. The van der Waals surface area contributed by atoms with E-state index in [1.165, 1.54) is 0 Å². The summed E-state index contributed by atoms with van der Waals surface area (Å²) >= 11 is 0. The molecule has 7 nitrogen and oxygen atoms in total. The number of hydrogen-bond acceptors (Lipinski definition) is 4. The Labute approximate surface area is 169 Å². The summed E-state index contributed by atoms with van der Waals surface area (Å²) in [6.45, 7) is 9.30. The van der Waals surface area contributed by atoms with Gasteiger partial charge in [-0.05, 0) is 32.6 Å². The zero-order valence-electron chi connectivity index (χ0n) is 15.8. The Hall–Kier alpha value is -0.130. The maximum Gasteiger partial charge on any atom is 0.216 e. The Morgan fingerprint density at radius 3 is 2.24 bits per heavy atom. The predicted molar refractivity (Wildman–Crippen MR) is 112 cm³/mol. The number of nitrogens with one attached hydrogen (secondary N) is 1. The van der Waals surface area contributed by atoms with E-state index in [1.807, 2.05) is 13.8 Å². The Morgan fingerprint density at radius 1 is 1.16 bits per heavy atom. The lowest BCUT2D eigenvalue weighted by atomic mass is 10.00. The molecule has 2 atom stereocenters. The van der Waals surface area contributed by atoms with Crippen LogP contribution in [-0.4, -0.2) is 81.3 Å². The van der Waals surface area contributed by atoms with E-state index in [1.54, 1.807) is 11.4 Å². The van der Waals surface area contributed by atoms with Gasteiger partial charge in [-0.25, -0.2) is 8.42 Å². The van der Waals surface area contributed by atoms with Gasteiger partial charge in [-0.2, -0.15) is 4.31 Å². The molecule has 2 rings (SSSR count). The number of piperidine rings is 1. The first kappa shape index (κ1) is 22.9. The fourth-order valence-electron chi connectivity index (χ4n) is 3.33. The van der Waals surface area contributed by atoms with Crippen LogP contribution in [0.15, 0.2) is 4.99 Å². The number of morpholine rings is 1. The van der Waals surface area contributed by atoms with Gasteiger partial charge >= 0.3 is 0 Å². The van der Waals surface area contributed by atoms with Gasteiger partial charge in [0, 0.05) is 39.8 Å². The highest BCUT2D eigenvalue weighted by molar-refractivity contribution is 14.0. The van der Waals surface area contributed by atoms with Gasteiger partial charge in [0.1, 0.15) is 0 Å². The number of sulfonamides is 1. The summed E-state index contributed by atoms with van der Waals surface area (Å²) in [6.07, 6.45) is 2.20. The molecule has 0 aliphatic carbocycles. The molecule has 0 aromatic heterocycles. The zero-order valence-corrected chi connectivity index (χ0v) is 18.9. The van der Waals surface area contributed by atoms with Crippen LogP contribution in [0.4, 0.5) is 0 Å². The number of guanidine groups is 1. The number of rotatable bonds is 4. The van der Waals surface area contributed by atoms with Crippen molar-refractivity contribution in [2.45, 2.75) is 45.8 Å². The van der Waals surface area contributed by atoms with Gasteiger partial charge in [-0.3, -0.25) is 4.99 Å². The number of nitrogens with zero attached hydrogens (tertiary/aromatic N) is 3. The standard InChI is InChI=1S/C16H32N4O3S.HI/c1-13-5-8-19(9-6-13)16(17-4)18-7-10-24(21,22)20-11-14(2)23-15(3)12-20;/h13-15H,5-12H2,1-4H3,(H,17,18);1H. The van der Waals surface area contributed by atoms with Gasteiger partial charge in [0.15, 0.2) is 5.96 Å². The Kier molecular flexibility index (Phi) is 9.41. The van der Waals surface area contributed by atoms with Crippen LogP contribution in [0.25, 0.3) is 0 Å². The van der Waals surface area contributed by atoms with Crippen LogP contribution in [0.1, 0.15) is 33.6 Å². The zero-order chi connectivity index (χ0) is 17.7. The molecule has 0 bridgehead atoms. The second kappa shape index (κ2) is 10.3. The van der Waals surface area contributed by atoms with Crippen molar-refractivity contribution in [1.82, 2.24) is 14.5 Å². The minimum atomic E-state index is -3.28. The molecule has 0 radical (unpaired) electrons. The molecule has 2 unspecified atom stereocenters. The highest BCUT2D eigenvalue weighted by Gasteiger charge is 2.30. The van der Waals surface area contributed by atoms with Crippen molar-refractivity contribution in [1.29, 1.82) is 0 Å². The second-order valence-corrected chi connectivity index (χ2v) is 9.12. The average molecular weight is 488 g/mol. The maximum atomic E-state index is 12.5. The van der Waals surface area contributed by atoms with E-state index in [2.05, 4.69) is 22.1 Å². The van der Waals surface area contributed by atoms with Crippen molar-refractivity contribution in [2.75, 3.05) is 45.5 Å². The molecule has 2 fully saturated rings. The molecule has 2 aliphatic rings. The van der Waals surface area contributed by atoms with Gasteiger partial charge in [-0.1, -0.05) is 6.92 Å². The van der Waals surface area contributed by atoms with E-state index in [0.29, 0.717) is 19.6 Å². The van der Waals surface area contributed by atoms with Crippen LogP contribution in [-0.2, 0) is 14.8 Å². The van der Waals surface area contributed by atoms with Gasteiger partial charge in [0.2, 0.25) is 10.0 Å². The molecule has 2 aliphatic heterocycles. The highest BCUT2D eigenvalue weighted by atomic mass is 127. The van der Waals surface area contributed by atoms with Crippen LogP contribution in [0.5, 0.6) is 0 Å². The molecule has 1 N–H and O–H groups in total. The number of hydrogen-bond donors (Lipinski definition) is 1. The van der Waals surface area contributed by atoms with Crippen molar-refractivity contribution < 1.29 is 13.2 Å². The van der Waals surface area contributed by atoms with E-state index < -0.39 is 10.0 Å². The van der Waals surface area contributed by atoms with Crippen LogP contribution >= 0.6 is 24.0 Å². The lowest BCUT2D eigenvalue weighted by molar-refractivity contribution is -0.0440. The van der Waals surface area contributed by atoms with E-state index in [0.717, 1.165) is 37.8 Å². The van der Waals surface area contributed by atoms with Crippen molar-refractivity contribution in [3.05, 3.63) is 0 Å². The van der Waals surface area contributed by atoms with Gasteiger partial charge in [0.25, 0.3) is 0 Å². The molecule has 0 amide bonds. The Morgan fingerprint density at radius 2 is 1.72 bits per heavy atom. The van der Waals surface area contributed by atoms with Crippen molar-refractivity contribution >= 4 is 40.0 Å². The lowest BCUT2D eigenvalue weighted by Crippen LogP contribution is -2.51. The lowest BCUT2D eigenvalue weighted by Gasteiger charge is -2.35. The van der Waals surface area contributed by atoms with E-state index in [9.17, 15) is 8.42 Å². The van der Waals surface area contributed by atoms with E-state index >= 15 is 0 Å². The summed E-state index contributed by atoms with van der Waals surface area (Å²) in [5.74, 6) is 1.64. The van der Waals surface area contributed by atoms with Gasteiger partial charge in [0.05, 0.1) is 18.0 Å². The number of aliphatic imine (C=N–C) groups is 1. The summed E-state index contributed by atoms with van der Waals surface area (Å²) in [6, 6.07) is 0. The molecular formula is C16H33IN4O3S. The summed E-state index contributed by atoms with van der Waals surface area (Å²) in [5.41, 5.74) is 0. The SMILES string of the molecule is CN=C(NCCS(=O)(=O)N1CC(C)OC(C)C1)N1CCC(C)CC1.I. The summed E-state index contributed by atoms with van der Waals surface area (Å²) in [4.78, 5) is 6.51. The predicted octanol–water partition coefficient (Wildman–Crippen LogP) is 1.35. The minimum absolute atomic E-state index is 0. The maximum absolute atomic E-state index is 12.5. The highest BCUT2D eigenvalue weighted by Crippen LogP contribution is 2.16. The molecule has 148 valence electrons. The van der Waals surface area contributed by atoms with E-state index in [4.69, 9.17) is 4.74 Å². The molecular weight excluding hydrogens is 455 g/mol. The second-order valence-electron chi connectivity index (χ2n) is 7.03. The first-order chi connectivity index (χ1) is 11.3. The Balaban J connectivity index is 0.00000312. The third-order valence-electron chi connectivity index (χ3n) is 4.72. The van der Waals surface area contributed by atoms with Gasteiger partial charge < -0.3 is 15.0 Å². The fraction of sp³-hybridized carbons (Fsp3) is 0.938. The van der Waals surface area contributed by atoms with Crippen molar-refractivity contribution in [3.63, 3.8) is 0 Å². The third kappa shape index (κ3) is 6.84.